The van der Waals surface area contributed by atoms with E-state index in [1.807, 2.05) is 12.2 Å². The van der Waals surface area contributed by atoms with Crippen molar-refractivity contribution < 1.29 is 49.0 Å². The fraction of sp³-hybridized carbons (Fsp3) is 0.765. The molecule has 352 valence electrons. The first kappa shape index (κ1) is 56.4. The van der Waals surface area contributed by atoms with Gasteiger partial charge >= 0.3 is 11.9 Å². The van der Waals surface area contributed by atoms with Gasteiger partial charge in [0.2, 0.25) is 0 Å². The van der Waals surface area contributed by atoms with Crippen molar-refractivity contribution in [1.29, 1.82) is 0 Å². The molecule has 1 fully saturated rings. The van der Waals surface area contributed by atoms with Crippen LogP contribution in [0.15, 0.2) is 60.8 Å². The summed E-state index contributed by atoms with van der Waals surface area (Å²) in [6, 6.07) is 0. The maximum atomic E-state index is 12.7. The number of rotatable bonds is 40. The van der Waals surface area contributed by atoms with E-state index in [1.165, 1.54) is 116 Å². The van der Waals surface area contributed by atoms with Crippen molar-refractivity contribution in [3.05, 3.63) is 60.8 Å². The van der Waals surface area contributed by atoms with Crippen molar-refractivity contribution in [1.82, 2.24) is 0 Å². The van der Waals surface area contributed by atoms with Gasteiger partial charge in [-0.15, -0.1) is 0 Å². The van der Waals surface area contributed by atoms with Gasteiger partial charge in [-0.25, -0.2) is 0 Å². The van der Waals surface area contributed by atoms with Gasteiger partial charge in [-0.1, -0.05) is 203 Å². The summed E-state index contributed by atoms with van der Waals surface area (Å²) in [4.78, 5) is 25.3. The second kappa shape index (κ2) is 41.4. The molecule has 0 saturated carbocycles. The van der Waals surface area contributed by atoms with E-state index >= 15 is 0 Å². The van der Waals surface area contributed by atoms with Gasteiger partial charge in [-0.2, -0.15) is 0 Å². The molecular formula is C51H88O10. The molecular weight excluding hydrogens is 773 g/mol. The summed E-state index contributed by atoms with van der Waals surface area (Å²) in [6.45, 7) is 3.23. The fourth-order valence-corrected chi connectivity index (χ4v) is 7.15. The predicted molar refractivity (Wildman–Crippen MR) is 247 cm³/mol. The molecule has 6 atom stereocenters. The van der Waals surface area contributed by atoms with Gasteiger partial charge in [0, 0.05) is 6.42 Å². The molecule has 0 radical (unpaired) electrons. The lowest BCUT2D eigenvalue weighted by atomic mass is 9.99. The monoisotopic (exact) mass is 861 g/mol. The zero-order chi connectivity index (χ0) is 44.4. The molecule has 1 aliphatic rings. The molecule has 0 spiro atoms. The van der Waals surface area contributed by atoms with Gasteiger partial charge in [0.05, 0.1) is 19.6 Å². The van der Waals surface area contributed by atoms with Crippen molar-refractivity contribution in [3.63, 3.8) is 0 Å². The Labute approximate surface area is 370 Å². The van der Waals surface area contributed by atoms with Crippen molar-refractivity contribution in [2.24, 2.45) is 0 Å². The molecule has 0 aromatic rings. The molecule has 10 heteroatoms. The number of unbranched alkanes of at least 4 members (excludes halogenated alkanes) is 20. The Balaban J connectivity index is 2.30. The molecule has 4 N–H and O–H groups in total. The van der Waals surface area contributed by atoms with Crippen LogP contribution in [0.3, 0.4) is 0 Å². The SMILES string of the molecule is CC/C=C\C/C=C\C/C=C\C/C=C\C/C=C\CC(=O)OC(COC(=O)CCCCCCCCCCCCCCCCCCCCCCC)COC1OC(CO)C(O)C(O)C1O. The molecule has 0 aromatic carbocycles. The van der Waals surface area contributed by atoms with Crippen LogP contribution in [0.1, 0.15) is 194 Å². The van der Waals surface area contributed by atoms with Crippen LogP contribution in [-0.2, 0) is 28.5 Å². The summed E-state index contributed by atoms with van der Waals surface area (Å²) in [7, 11) is 0. The summed E-state index contributed by atoms with van der Waals surface area (Å²) in [5, 5.41) is 40.1. The Bertz CT molecular complexity index is 1180. The number of aliphatic hydroxyl groups excluding tert-OH is 4. The van der Waals surface area contributed by atoms with E-state index in [-0.39, 0.29) is 26.1 Å². The number of allylic oxidation sites excluding steroid dienone is 9. The van der Waals surface area contributed by atoms with Crippen molar-refractivity contribution >= 4 is 11.9 Å². The first-order chi connectivity index (χ1) is 29.8. The Kier molecular flexibility index (Phi) is 38.3. The van der Waals surface area contributed by atoms with Crippen LogP contribution in [0.5, 0.6) is 0 Å². The standard InChI is InChI=1S/C51H88O10/c1-3-5-7-9-11-13-15-17-19-20-21-22-23-24-26-27-29-31-33-35-37-39-46(53)58-42-44(43-59-51-50(57)49(56)48(55)45(41-52)61-51)60-47(54)40-38-36-34-32-30-28-25-18-16-14-12-10-8-6-4-2/h6,8,12,14,18,25,30,32,36,38,44-45,48-52,55-57H,3-5,7,9-11,13,15-17,19-24,26-29,31,33-35,37,39-43H2,1-2H3/b8-6-,14-12-,25-18-,32-30-,38-36-. The minimum Gasteiger partial charge on any atom is -0.462 e. The minimum absolute atomic E-state index is 0.00252. The fourth-order valence-electron chi connectivity index (χ4n) is 7.15. The smallest absolute Gasteiger partial charge is 0.310 e. The van der Waals surface area contributed by atoms with Crippen LogP contribution in [0.4, 0.5) is 0 Å². The molecule has 0 amide bonds. The van der Waals surface area contributed by atoms with E-state index in [9.17, 15) is 30.0 Å². The van der Waals surface area contributed by atoms with Gasteiger partial charge in [0.25, 0.3) is 0 Å². The molecule has 61 heavy (non-hydrogen) atoms. The lowest BCUT2D eigenvalue weighted by molar-refractivity contribution is -0.305. The lowest BCUT2D eigenvalue weighted by Crippen LogP contribution is -2.59. The quantitative estimate of drug-likeness (QED) is 0.0266. The molecule has 1 rings (SSSR count). The van der Waals surface area contributed by atoms with Gasteiger partial charge < -0.3 is 39.4 Å². The van der Waals surface area contributed by atoms with Gasteiger partial charge in [0.1, 0.15) is 31.0 Å². The summed E-state index contributed by atoms with van der Waals surface area (Å²) < 4.78 is 22.1. The Hall–Kier alpha value is -2.60. The third-order valence-electron chi connectivity index (χ3n) is 10.9. The number of aliphatic hydroxyl groups is 4. The summed E-state index contributed by atoms with van der Waals surface area (Å²) in [5.74, 6) is -0.950. The largest absolute Gasteiger partial charge is 0.462 e. The zero-order valence-corrected chi connectivity index (χ0v) is 38.4. The van der Waals surface area contributed by atoms with Gasteiger partial charge in [0.15, 0.2) is 12.4 Å². The predicted octanol–water partition coefficient (Wildman–Crippen LogP) is 11.0. The lowest BCUT2D eigenvalue weighted by Gasteiger charge is -2.39. The van der Waals surface area contributed by atoms with E-state index in [1.54, 1.807) is 6.08 Å². The van der Waals surface area contributed by atoms with E-state index in [0.717, 1.165) is 38.5 Å². The van der Waals surface area contributed by atoms with Crippen LogP contribution in [0.25, 0.3) is 0 Å². The van der Waals surface area contributed by atoms with E-state index in [2.05, 4.69) is 56.4 Å². The Morgan fingerprint density at radius 2 is 0.951 bits per heavy atom. The Morgan fingerprint density at radius 3 is 1.39 bits per heavy atom. The summed E-state index contributed by atoms with van der Waals surface area (Å²) in [5.41, 5.74) is 0. The minimum atomic E-state index is -1.61. The second-order valence-corrected chi connectivity index (χ2v) is 16.6. The van der Waals surface area contributed by atoms with Crippen molar-refractivity contribution in [2.75, 3.05) is 19.8 Å². The molecule has 0 bridgehead atoms. The number of carbonyl (C=O) groups excluding carboxylic acids is 2. The number of hydrogen-bond acceptors (Lipinski definition) is 10. The Morgan fingerprint density at radius 1 is 0.525 bits per heavy atom. The van der Waals surface area contributed by atoms with E-state index < -0.39 is 55.4 Å². The first-order valence-corrected chi connectivity index (χ1v) is 24.4. The summed E-state index contributed by atoms with van der Waals surface area (Å²) in [6.07, 6.45) is 44.1. The molecule has 0 aromatic heterocycles. The number of carbonyl (C=O) groups is 2. The van der Waals surface area contributed by atoms with Gasteiger partial charge in [-0.05, 0) is 38.5 Å². The van der Waals surface area contributed by atoms with Crippen LogP contribution in [0.2, 0.25) is 0 Å². The highest BCUT2D eigenvalue weighted by atomic mass is 16.7. The molecule has 10 nitrogen and oxygen atoms in total. The third kappa shape index (κ3) is 32.7. The molecule has 1 heterocycles. The zero-order valence-electron chi connectivity index (χ0n) is 38.4. The number of hydrogen-bond donors (Lipinski definition) is 4. The average molecular weight is 861 g/mol. The highest BCUT2D eigenvalue weighted by molar-refractivity contribution is 5.71. The van der Waals surface area contributed by atoms with Crippen LogP contribution in [-0.4, -0.2) is 89.0 Å². The molecule has 1 saturated heterocycles. The molecule has 0 aliphatic carbocycles. The molecule has 6 unspecified atom stereocenters. The van der Waals surface area contributed by atoms with E-state index in [4.69, 9.17) is 18.9 Å². The first-order valence-electron chi connectivity index (χ1n) is 24.4. The van der Waals surface area contributed by atoms with Gasteiger partial charge in [-0.3, -0.25) is 9.59 Å². The second-order valence-electron chi connectivity index (χ2n) is 16.6. The van der Waals surface area contributed by atoms with Crippen LogP contribution >= 0.6 is 0 Å². The highest BCUT2D eigenvalue weighted by Gasteiger charge is 2.44. The van der Waals surface area contributed by atoms with Crippen LogP contribution < -0.4 is 0 Å². The summed E-state index contributed by atoms with van der Waals surface area (Å²) >= 11 is 0. The topological polar surface area (TPSA) is 152 Å². The average Bonchev–Trinajstić information content (AvgIpc) is 3.26. The van der Waals surface area contributed by atoms with Crippen LogP contribution in [0, 0.1) is 0 Å². The van der Waals surface area contributed by atoms with Crippen molar-refractivity contribution in [2.45, 2.75) is 230 Å². The maximum absolute atomic E-state index is 12.7. The molecule has 1 aliphatic heterocycles. The number of ether oxygens (including phenoxy) is 4. The van der Waals surface area contributed by atoms with E-state index in [0.29, 0.717) is 12.8 Å². The highest BCUT2D eigenvalue weighted by Crippen LogP contribution is 2.23. The maximum Gasteiger partial charge on any atom is 0.310 e. The third-order valence-corrected chi connectivity index (χ3v) is 10.9. The number of esters is 2. The normalized spacial score (nSPS) is 20.3. The van der Waals surface area contributed by atoms with Crippen molar-refractivity contribution in [3.8, 4) is 0 Å².